The molecule has 4 heteroatoms. The highest BCUT2D eigenvalue weighted by molar-refractivity contribution is 5.82. The highest BCUT2D eigenvalue weighted by Crippen LogP contribution is 2.32. The second kappa shape index (κ2) is 22.4. The molecule has 1 saturated carbocycles. The highest BCUT2D eigenvalue weighted by atomic mass is 16.5. The number of carbonyl (C=O) groups excluding carboxylic acids is 2. The third-order valence-electron chi connectivity index (χ3n) is 7.36. The molecule has 4 nitrogen and oxygen atoms in total. The van der Waals surface area contributed by atoms with E-state index < -0.39 is 0 Å². The van der Waals surface area contributed by atoms with Crippen molar-refractivity contribution in [2.45, 2.75) is 155 Å². The SMILES string of the molecule is CCCCCCCCCCCCCCCCOC(=O)C1CCCCC1C(=O)OCCCCCC. The van der Waals surface area contributed by atoms with Crippen LogP contribution in [0.1, 0.15) is 155 Å². The first kappa shape index (κ1) is 31.0. The molecule has 1 aliphatic rings. The summed E-state index contributed by atoms with van der Waals surface area (Å²) in [5.74, 6) is -0.968. The Morgan fingerprint density at radius 2 is 0.794 bits per heavy atom. The minimum Gasteiger partial charge on any atom is -0.465 e. The molecule has 0 aromatic rings. The molecule has 1 fully saturated rings. The molecule has 0 spiro atoms. The molecule has 200 valence electrons. The van der Waals surface area contributed by atoms with Crippen molar-refractivity contribution in [3.8, 4) is 0 Å². The first-order valence-electron chi connectivity index (χ1n) is 15.0. The van der Waals surface area contributed by atoms with E-state index in [4.69, 9.17) is 9.47 Å². The molecular weight excluding hydrogens is 424 g/mol. The van der Waals surface area contributed by atoms with Crippen LogP contribution in [0.25, 0.3) is 0 Å². The van der Waals surface area contributed by atoms with Crippen LogP contribution in [0.2, 0.25) is 0 Å². The second-order valence-corrected chi connectivity index (χ2v) is 10.5. The Balaban J connectivity index is 2.02. The Labute approximate surface area is 211 Å². The minimum atomic E-state index is -0.302. The van der Waals surface area contributed by atoms with Crippen LogP contribution in [0.15, 0.2) is 0 Å². The molecule has 0 aromatic heterocycles. The van der Waals surface area contributed by atoms with Crippen LogP contribution in [0.4, 0.5) is 0 Å². The number of ether oxygens (including phenoxy) is 2. The molecule has 0 N–H and O–H groups in total. The fourth-order valence-corrected chi connectivity index (χ4v) is 5.08. The zero-order valence-corrected chi connectivity index (χ0v) is 22.8. The third-order valence-corrected chi connectivity index (χ3v) is 7.36. The van der Waals surface area contributed by atoms with E-state index in [1.165, 1.54) is 89.9 Å². The summed E-state index contributed by atoms with van der Waals surface area (Å²) in [6, 6.07) is 0. The van der Waals surface area contributed by atoms with Gasteiger partial charge in [0.2, 0.25) is 0 Å². The lowest BCUT2D eigenvalue weighted by Crippen LogP contribution is -2.35. The van der Waals surface area contributed by atoms with Crippen molar-refractivity contribution in [2.24, 2.45) is 11.8 Å². The lowest BCUT2D eigenvalue weighted by atomic mass is 9.79. The number of esters is 2. The van der Waals surface area contributed by atoms with Gasteiger partial charge in [-0.3, -0.25) is 9.59 Å². The van der Waals surface area contributed by atoms with Crippen LogP contribution in [-0.4, -0.2) is 25.2 Å². The molecule has 0 aliphatic heterocycles. The van der Waals surface area contributed by atoms with Crippen molar-refractivity contribution >= 4 is 11.9 Å². The Bertz CT molecular complexity index is 490. The van der Waals surface area contributed by atoms with Crippen LogP contribution >= 0.6 is 0 Å². The van der Waals surface area contributed by atoms with E-state index in [1.54, 1.807) is 0 Å². The molecule has 0 radical (unpaired) electrons. The summed E-state index contributed by atoms with van der Waals surface area (Å²) < 4.78 is 11.1. The molecule has 34 heavy (non-hydrogen) atoms. The fourth-order valence-electron chi connectivity index (χ4n) is 5.08. The summed E-state index contributed by atoms with van der Waals surface area (Å²) >= 11 is 0. The van der Waals surface area contributed by atoms with Crippen LogP contribution in [-0.2, 0) is 19.1 Å². The standard InChI is InChI=1S/C30H56O4/c1-3-5-7-9-10-11-12-13-14-15-16-17-18-22-26-34-30(32)28-24-20-19-23-27(28)29(31)33-25-21-8-6-4-2/h27-28H,3-26H2,1-2H3. The lowest BCUT2D eigenvalue weighted by molar-refractivity contribution is -0.163. The van der Waals surface area contributed by atoms with Gasteiger partial charge in [0, 0.05) is 0 Å². The van der Waals surface area contributed by atoms with E-state index >= 15 is 0 Å². The fraction of sp³-hybridized carbons (Fsp3) is 0.933. The summed E-state index contributed by atoms with van der Waals surface area (Å²) in [4.78, 5) is 25.2. The van der Waals surface area contributed by atoms with Gasteiger partial charge in [0.25, 0.3) is 0 Å². The molecule has 0 aromatic carbocycles. The van der Waals surface area contributed by atoms with Crippen molar-refractivity contribution in [1.82, 2.24) is 0 Å². The quantitative estimate of drug-likeness (QED) is 0.115. The number of rotatable bonds is 22. The van der Waals surface area contributed by atoms with Crippen LogP contribution < -0.4 is 0 Å². The molecular formula is C30H56O4. The van der Waals surface area contributed by atoms with Gasteiger partial charge in [0.05, 0.1) is 25.0 Å². The van der Waals surface area contributed by atoms with Gasteiger partial charge in [-0.15, -0.1) is 0 Å². The van der Waals surface area contributed by atoms with E-state index in [1.807, 2.05) is 0 Å². The van der Waals surface area contributed by atoms with Gasteiger partial charge < -0.3 is 9.47 Å². The summed E-state index contributed by atoms with van der Waals surface area (Å²) in [5, 5.41) is 0. The van der Waals surface area contributed by atoms with Crippen LogP contribution in [0.5, 0.6) is 0 Å². The van der Waals surface area contributed by atoms with Crippen molar-refractivity contribution in [3.63, 3.8) is 0 Å². The normalized spacial score (nSPS) is 18.1. The smallest absolute Gasteiger partial charge is 0.309 e. The number of carbonyl (C=O) groups is 2. The zero-order chi connectivity index (χ0) is 24.7. The first-order valence-corrected chi connectivity index (χ1v) is 15.0. The molecule has 1 rings (SSSR count). The third kappa shape index (κ3) is 15.8. The van der Waals surface area contributed by atoms with Crippen molar-refractivity contribution in [1.29, 1.82) is 0 Å². The highest BCUT2D eigenvalue weighted by Gasteiger charge is 2.37. The zero-order valence-electron chi connectivity index (χ0n) is 22.8. The maximum absolute atomic E-state index is 12.6. The maximum atomic E-state index is 12.6. The van der Waals surface area contributed by atoms with Crippen LogP contribution in [0, 0.1) is 11.8 Å². The van der Waals surface area contributed by atoms with Gasteiger partial charge in [-0.1, -0.05) is 129 Å². The first-order chi connectivity index (χ1) is 16.7. The summed E-state index contributed by atoms with van der Waals surface area (Å²) in [5.41, 5.74) is 0. The maximum Gasteiger partial charge on any atom is 0.309 e. The molecule has 2 atom stereocenters. The predicted molar refractivity (Wildman–Crippen MR) is 142 cm³/mol. The van der Waals surface area contributed by atoms with Gasteiger partial charge in [-0.05, 0) is 25.7 Å². The average Bonchev–Trinajstić information content (AvgIpc) is 2.86. The number of hydrogen-bond donors (Lipinski definition) is 0. The topological polar surface area (TPSA) is 52.6 Å². The average molecular weight is 481 g/mol. The van der Waals surface area contributed by atoms with E-state index in [9.17, 15) is 9.59 Å². The number of hydrogen-bond acceptors (Lipinski definition) is 4. The largest absolute Gasteiger partial charge is 0.465 e. The molecule has 1 aliphatic carbocycles. The Morgan fingerprint density at radius 1 is 0.500 bits per heavy atom. The van der Waals surface area contributed by atoms with E-state index in [-0.39, 0.29) is 23.8 Å². The monoisotopic (exact) mass is 480 g/mol. The minimum absolute atomic E-state index is 0.178. The van der Waals surface area contributed by atoms with Crippen LogP contribution in [0.3, 0.4) is 0 Å². The van der Waals surface area contributed by atoms with Gasteiger partial charge in [-0.25, -0.2) is 0 Å². The van der Waals surface area contributed by atoms with E-state index in [0.717, 1.165) is 51.4 Å². The van der Waals surface area contributed by atoms with Crippen molar-refractivity contribution in [3.05, 3.63) is 0 Å². The van der Waals surface area contributed by atoms with Crippen molar-refractivity contribution in [2.75, 3.05) is 13.2 Å². The lowest BCUT2D eigenvalue weighted by Gasteiger charge is -2.28. The van der Waals surface area contributed by atoms with Gasteiger partial charge in [0.1, 0.15) is 0 Å². The predicted octanol–water partition coefficient (Wildman–Crippen LogP) is 8.94. The van der Waals surface area contributed by atoms with Gasteiger partial charge in [-0.2, -0.15) is 0 Å². The molecule has 0 amide bonds. The Morgan fingerprint density at radius 3 is 1.15 bits per heavy atom. The Kier molecular flexibility index (Phi) is 20.4. The molecule has 0 bridgehead atoms. The Hall–Kier alpha value is -1.06. The second-order valence-electron chi connectivity index (χ2n) is 10.5. The molecule has 0 saturated heterocycles. The summed E-state index contributed by atoms with van der Waals surface area (Å²) in [6.45, 7) is 5.42. The summed E-state index contributed by atoms with van der Waals surface area (Å²) in [7, 11) is 0. The van der Waals surface area contributed by atoms with E-state index in [0.29, 0.717) is 13.2 Å². The summed E-state index contributed by atoms with van der Waals surface area (Å²) in [6.07, 6.45) is 26.3. The molecule has 2 unspecified atom stereocenters. The van der Waals surface area contributed by atoms with E-state index in [2.05, 4.69) is 13.8 Å². The van der Waals surface area contributed by atoms with Gasteiger partial charge in [0.15, 0.2) is 0 Å². The number of unbranched alkanes of at least 4 members (excludes halogenated alkanes) is 16. The van der Waals surface area contributed by atoms with Crippen molar-refractivity contribution < 1.29 is 19.1 Å². The van der Waals surface area contributed by atoms with Gasteiger partial charge >= 0.3 is 11.9 Å². The molecule has 0 heterocycles.